The van der Waals surface area contributed by atoms with Crippen molar-refractivity contribution in [3.63, 3.8) is 0 Å². The van der Waals surface area contributed by atoms with Gasteiger partial charge in [-0.15, -0.1) is 0 Å². The lowest BCUT2D eigenvalue weighted by molar-refractivity contribution is 1.08. The average Bonchev–Trinajstić information content (AvgIpc) is 2.65. The topological polar surface area (TPSA) is 54.7 Å². The van der Waals surface area contributed by atoms with Gasteiger partial charge < -0.3 is 5.73 Å². The number of hydrogen-bond acceptors (Lipinski definition) is 2. The zero-order valence-electron chi connectivity index (χ0n) is 7.50. The summed E-state index contributed by atoms with van der Waals surface area (Å²) in [7, 11) is 0. The highest BCUT2D eigenvalue weighted by molar-refractivity contribution is 9.10. The first kappa shape index (κ1) is 9.43. The second-order valence-corrected chi connectivity index (χ2v) is 3.90. The van der Waals surface area contributed by atoms with Crippen LogP contribution in [0, 0.1) is 0 Å². The van der Waals surface area contributed by atoms with Gasteiger partial charge in [0.25, 0.3) is 0 Å². The Labute approximate surface area is 90.5 Å². The Balaban J connectivity index is 2.49. The van der Waals surface area contributed by atoms with E-state index in [1.807, 2.05) is 24.3 Å². The van der Waals surface area contributed by atoms with E-state index < -0.39 is 0 Å². The van der Waals surface area contributed by atoms with Crippen molar-refractivity contribution in [2.75, 3.05) is 0 Å². The summed E-state index contributed by atoms with van der Waals surface area (Å²) in [6.07, 6.45) is 1.76. The van der Waals surface area contributed by atoms with Crippen molar-refractivity contribution in [1.82, 2.24) is 10.2 Å². The van der Waals surface area contributed by atoms with Crippen LogP contribution in [-0.4, -0.2) is 10.2 Å². The predicted octanol–water partition coefficient (Wildman–Crippen LogP) is 2.30. The van der Waals surface area contributed by atoms with Crippen molar-refractivity contribution in [2.24, 2.45) is 5.73 Å². The van der Waals surface area contributed by atoms with Crippen LogP contribution in [0.5, 0.6) is 0 Å². The molecule has 0 radical (unpaired) electrons. The van der Waals surface area contributed by atoms with Crippen molar-refractivity contribution in [1.29, 1.82) is 0 Å². The molecule has 0 aliphatic carbocycles. The maximum absolute atomic E-state index is 5.60. The number of nitrogens with one attached hydrogen (secondary N) is 1. The molecule has 72 valence electrons. The number of halogens is 1. The fourth-order valence-corrected chi connectivity index (χ4v) is 1.76. The van der Waals surface area contributed by atoms with Gasteiger partial charge in [0.2, 0.25) is 0 Å². The molecule has 0 atom stereocenters. The second kappa shape index (κ2) is 3.94. The number of H-pyrrole nitrogens is 1. The fraction of sp³-hybridized carbons (Fsp3) is 0.100. The highest BCUT2D eigenvalue weighted by Crippen LogP contribution is 2.23. The van der Waals surface area contributed by atoms with E-state index in [2.05, 4.69) is 26.1 Å². The van der Waals surface area contributed by atoms with Gasteiger partial charge in [0.05, 0.1) is 11.9 Å². The molecule has 0 saturated carbocycles. The smallest absolute Gasteiger partial charge is 0.0695 e. The molecule has 0 amide bonds. The van der Waals surface area contributed by atoms with Crippen LogP contribution in [0.15, 0.2) is 34.9 Å². The van der Waals surface area contributed by atoms with Gasteiger partial charge in [-0.3, -0.25) is 5.10 Å². The third-order valence-electron chi connectivity index (χ3n) is 2.05. The van der Waals surface area contributed by atoms with Gasteiger partial charge in [-0.1, -0.05) is 28.1 Å². The summed E-state index contributed by atoms with van der Waals surface area (Å²) < 4.78 is 1.05. The predicted molar refractivity (Wildman–Crippen MR) is 59.6 cm³/mol. The molecule has 14 heavy (non-hydrogen) atoms. The van der Waals surface area contributed by atoms with Crippen LogP contribution in [0.2, 0.25) is 0 Å². The van der Waals surface area contributed by atoms with Crippen LogP contribution < -0.4 is 5.73 Å². The Hall–Kier alpha value is -1.13. The summed E-state index contributed by atoms with van der Waals surface area (Å²) in [4.78, 5) is 0. The minimum atomic E-state index is 0.498. The lowest BCUT2D eigenvalue weighted by Crippen LogP contribution is -1.96. The van der Waals surface area contributed by atoms with E-state index in [9.17, 15) is 0 Å². The molecule has 1 heterocycles. The summed E-state index contributed by atoms with van der Waals surface area (Å²) in [5.74, 6) is 0. The molecule has 1 aromatic carbocycles. The van der Waals surface area contributed by atoms with E-state index in [1.165, 1.54) is 0 Å². The maximum atomic E-state index is 5.60. The van der Waals surface area contributed by atoms with E-state index in [4.69, 9.17) is 5.73 Å². The van der Waals surface area contributed by atoms with Crippen LogP contribution >= 0.6 is 15.9 Å². The van der Waals surface area contributed by atoms with Crippen LogP contribution in [-0.2, 0) is 6.54 Å². The molecule has 2 aromatic rings. The normalized spacial score (nSPS) is 10.4. The summed E-state index contributed by atoms with van der Waals surface area (Å²) >= 11 is 3.43. The van der Waals surface area contributed by atoms with Crippen LogP contribution in [0.1, 0.15) is 5.56 Å². The van der Waals surface area contributed by atoms with Gasteiger partial charge in [-0.05, 0) is 12.1 Å². The molecule has 4 heteroatoms. The van der Waals surface area contributed by atoms with Crippen LogP contribution in [0.25, 0.3) is 11.3 Å². The first-order chi connectivity index (χ1) is 6.81. The number of benzene rings is 1. The summed E-state index contributed by atoms with van der Waals surface area (Å²) in [5, 5.41) is 6.93. The quantitative estimate of drug-likeness (QED) is 0.861. The molecule has 0 spiro atoms. The number of aromatic nitrogens is 2. The van der Waals surface area contributed by atoms with E-state index in [0.29, 0.717) is 6.54 Å². The average molecular weight is 252 g/mol. The molecular weight excluding hydrogens is 242 g/mol. The molecule has 0 aliphatic heterocycles. The maximum Gasteiger partial charge on any atom is 0.0695 e. The molecule has 3 nitrogen and oxygen atoms in total. The van der Waals surface area contributed by atoms with Crippen LogP contribution in [0.3, 0.4) is 0 Å². The minimum Gasteiger partial charge on any atom is -0.326 e. The van der Waals surface area contributed by atoms with Crippen molar-refractivity contribution in [3.05, 3.63) is 40.5 Å². The Bertz CT molecular complexity index is 436. The van der Waals surface area contributed by atoms with Crippen molar-refractivity contribution < 1.29 is 0 Å². The van der Waals surface area contributed by atoms with Gasteiger partial charge >= 0.3 is 0 Å². The van der Waals surface area contributed by atoms with E-state index in [0.717, 1.165) is 21.3 Å². The van der Waals surface area contributed by atoms with Gasteiger partial charge in [0, 0.05) is 22.1 Å². The number of nitrogens with two attached hydrogens (primary N) is 1. The molecule has 0 saturated heterocycles. The largest absolute Gasteiger partial charge is 0.326 e. The molecule has 2 rings (SSSR count). The monoisotopic (exact) mass is 251 g/mol. The first-order valence-electron chi connectivity index (χ1n) is 4.29. The first-order valence-corrected chi connectivity index (χ1v) is 5.09. The van der Waals surface area contributed by atoms with E-state index >= 15 is 0 Å². The highest BCUT2D eigenvalue weighted by atomic mass is 79.9. The lowest BCUT2D eigenvalue weighted by atomic mass is 10.1. The molecular formula is C10H10BrN3. The van der Waals surface area contributed by atoms with Gasteiger partial charge in [-0.25, -0.2) is 0 Å². The molecule has 3 N–H and O–H groups in total. The SMILES string of the molecule is NCc1cn[nH]c1-c1cccc(Br)c1. The van der Waals surface area contributed by atoms with Gasteiger partial charge in [0.15, 0.2) is 0 Å². The van der Waals surface area contributed by atoms with Crippen molar-refractivity contribution in [2.45, 2.75) is 6.54 Å². The van der Waals surface area contributed by atoms with Crippen molar-refractivity contribution >= 4 is 15.9 Å². The Kier molecular flexibility index (Phi) is 2.65. The molecule has 0 unspecified atom stereocenters. The molecule has 0 fully saturated rings. The highest BCUT2D eigenvalue weighted by Gasteiger charge is 2.05. The lowest BCUT2D eigenvalue weighted by Gasteiger charge is -2.01. The Morgan fingerprint density at radius 3 is 3.00 bits per heavy atom. The number of nitrogens with zero attached hydrogens (tertiary/aromatic N) is 1. The standard InChI is InChI=1S/C10H10BrN3/c11-9-3-1-2-7(4-9)10-8(5-12)6-13-14-10/h1-4,6H,5,12H2,(H,13,14). The molecule has 0 aliphatic rings. The van der Waals surface area contributed by atoms with E-state index in [1.54, 1.807) is 6.20 Å². The zero-order valence-corrected chi connectivity index (χ0v) is 9.08. The number of rotatable bonds is 2. The van der Waals surface area contributed by atoms with Crippen molar-refractivity contribution in [3.8, 4) is 11.3 Å². The Morgan fingerprint density at radius 1 is 1.43 bits per heavy atom. The summed E-state index contributed by atoms with van der Waals surface area (Å²) in [6.45, 7) is 0.498. The van der Waals surface area contributed by atoms with Crippen LogP contribution in [0.4, 0.5) is 0 Å². The summed E-state index contributed by atoms with van der Waals surface area (Å²) in [6, 6.07) is 8.03. The van der Waals surface area contributed by atoms with Gasteiger partial charge in [-0.2, -0.15) is 5.10 Å². The second-order valence-electron chi connectivity index (χ2n) is 2.98. The number of aromatic amines is 1. The molecule has 0 bridgehead atoms. The zero-order chi connectivity index (χ0) is 9.97. The minimum absolute atomic E-state index is 0.498. The third kappa shape index (κ3) is 1.71. The summed E-state index contributed by atoms with van der Waals surface area (Å²) in [5.41, 5.74) is 8.72. The van der Waals surface area contributed by atoms with E-state index in [-0.39, 0.29) is 0 Å². The fourth-order valence-electron chi connectivity index (χ4n) is 1.36. The Morgan fingerprint density at radius 2 is 2.29 bits per heavy atom. The van der Waals surface area contributed by atoms with Gasteiger partial charge in [0.1, 0.15) is 0 Å². The molecule has 1 aromatic heterocycles. The third-order valence-corrected chi connectivity index (χ3v) is 2.54. The number of hydrogen-bond donors (Lipinski definition) is 2.